The van der Waals surface area contributed by atoms with Gasteiger partial charge in [0.2, 0.25) is 21.8 Å². The molecule has 39 heavy (non-hydrogen) atoms. The molecule has 3 aromatic rings. The third-order valence-electron chi connectivity index (χ3n) is 6.27. The van der Waals surface area contributed by atoms with Crippen LogP contribution in [0.4, 0.5) is 5.69 Å². The summed E-state index contributed by atoms with van der Waals surface area (Å²) >= 11 is 6.08. The summed E-state index contributed by atoms with van der Waals surface area (Å²) in [5.41, 5.74) is 3.78. The predicted molar refractivity (Wildman–Crippen MR) is 157 cm³/mol. The van der Waals surface area contributed by atoms with Gasteiger partial charge < -0.3 is 10.2 Å². The largest absolute Gasteiger partial charge is 0.352 e. The van der Waals surface area contributed by atoms with Crippen molar-refractivity contribution in [1.29, 1.82) is 0 Å². The first kappa shape index (κ1) is 30.2. The number of anilines is 1. The van der Waals surface area contributed by atoms with Crippen LogP contribution in [0.3, 0.4) is 0 Å². The van der Waals surface area contributed by atoms with E-state index in [1.54, 1.807) is 30.3 Å². The van der Waals surface area contributed by atoms with Gasteiger partial charge in [-0.3, -0.25) is 13.9 Å². The minimum atomic E-state index is -3.82. The molecule has 0 saturated carbocycles. The maximum atomic E-state index is 14.1. The molecule has 7 nitrogen and oxygen atoms in total. The second-order valence-electron chi connectivity index (χ2n) is 10.1. The van der Waals surface area contributed by atoms with E-state index in [0.717, 1.165) is 32.8 Å². The van der Waals surface area contributed by atoms with Crippen molar-refractivity contribution in [2.75, 3.05) is 17.1 Å². The number of nitrogens with one attached hydrogen (secondary N) is 1. The topological polar surface area (TPSA) is 86.8 Å². The summed E-state index contributed by atoms with van der Waals surface area (Å²) in [5, 5.41) is 3.49. The van der Waals surface area contributed by atoms with E-state index >= 15 is 0 Å². The van der Waals surface area contributed by atoms with E-state index in [-0.39, 0.29) is 24.9 Å². The molecule has 1 N–H and O–H groups in total. The van der Waals surface area contributed by atoms with Crippen LogP contribution < -0.4 is 9.62 Å². The number of carbonyl (C=O) groups is 2. The molecule has 0 spiro atoms. The van der Waals surface area contributed by atoms with E-state index in [1.807, 2.05) is 70.2 Å². The lowest BCUT2D eigenvalue weighted by molar-refractivity contribution is -0.140. The number of benzene rings is 3. The second-order valence-corrected chi connectivity index (χ2v) is 12.4. The van der Waals surface area contributed by atoms with E-state index in [1.165, 1.54) is 4.90 Å². The lowest BCUT2D eigenvalue weighted by Gasteiger charge is -2.34. The third kappa shape index (κ3) is 8.57. The van der Waals surface area contributed by atoms with Crippen LogP contribution >= 0.6 is 11.6 Å². The molecule has 3 aromatic carbocycles. The standard InChI is InChI=1S/C30H36ClN3O4S/c1-21(2)32-30(36)28(18-24-9-7-6-8-10-24)33(19-25-12-14-26(31)15-13-25)29(35)20-34(39(5,37)38)27-16-11-22(3)17-23(27)4/h6-17,21,28H,18-20H2,1-5H3,(H,32,36)/t28-/m0/s1. The van der Waals surface area contributed by atoms with Crippen molar-refractivity contribution < 1.29 is 18.0 Å². The predicted octanol–water partition coefficient (Wildman–Crippen LogP) is 4.89. The highest BCUT2D eigenvalue weighted by molar-refractivity contribution is 7.92. The summed E-state index contributed by atoms with van der Waals surface area (Å²) < 4.78 is 27.0. The zero-order valence-corrected chi connectivity index (χ0v) is 24.6. The molecule has 0 unspecified atom stereocenters. The molecule has 0 aliphatic carbocycles. The van der Waals surface area contributed by atoms with E-state index in [0.29, 0.717) is 10.7 Å². The molecule has 0 saturated heterocycles. The highest BCUT2D eigenvalue weighted by Gasteiger charge is 2.33. The maximum Gasteiger partial charge on any atom is 0.244 e. The number of rotatable bonds is 11. The fourth-order valence-electron chi connectivity index (χ4n) is 4.40. The van der Waals surface area contributed by atoms with Gasteiger partial charge >= 0.3 is 0 Å². The Hall–Kier alpha value is -3.36. The number of hydrogen-bond donors (Lipinski definition) is 1. The monoisotopic (exact) mass is 569 g/mol. The Morgan fingerprint density at radius 3 is 2.13 bits per heavy atom. The molecule has 9 heteroatoms. The van der Waals surface area contributed by atoms with Gasteiger partial charge in [0.1, 0.15) is 12.6 Å². The molecule has 1 atom stereocenters. The summed E-state index contributed by atoms with van der Waals surface area (Å²) in [5.74, 6) is -0.802. The van der Waals surface area contributed by atoms with Crippen LogP contribution in [0.2, 0.25) is 5.02 Å². The minimum absolute atomic E-state index is 0.101. The van der Waals surface area contributed by atoms with Gasteiger partial charge in [-0.05, 0) is 62.6 Å². The van der Waals surface area contributed by atoms with Crippen molar-refractivity contribution >= 4 is 39.1 Å². The fourth-order valence-corrected chi connectivity index (χ4v) is 5.43. The first-order chi connectivity index (χ1) is 18.3. The number of amides is 2. The normalized spacial score (nSPS) is 12.2. The molecular weight excluding hydrogens is 534 g/mol. The Morgan fingerprint density at radius 1 is 0.923 bits per heavy atom. The van der Waals surface area contributed by atoms with Crippen LogP contribution in [0.25, 0.3) is 0 Å². The van der Waals surface area contributed by atoms with Gasteiger partial charge in [-0.15, -0.1) is 0 Å². The lowest BCUT2D eigenvalue weighted by Crippen LogP contribution is -2.54. The van der Waals surface area contributed by atoms with Gasteiger partial charge in [-0.25, -0.2) is 8.42 Å². The molecule has 208 valence electrons. The van der Waals surface area contributed by atoms with Crippen LogP contribution in [-0.2, 0) is 32.6 Å². The highest BCUT2D eigenvalue weighted by Crippen LogP contribution is 2.25. The van der Waals surface area contributed by atoms with Gasteiger partial charge in [0.05, 0.1) is 11.9 Å². The van der Waals surface area contributed by atoms with Crippen LogP contribution in [0.1, 0.15) is 36.1 Å². The van der Waals surface area contributed by atoms with Crippen molar-refractivity contribution in [3.8, 4) is 0 Å². The SMILES string of the molecule is Cc1ccc(N(CC(=O)N(Cc2ccc(Cl)cc2)[C@@H](Cc2ccccc2)C(=O)NC(C)C)S(C)(=O)=O)c(C)c1. The van der Waals surface area contributed by atoms with E-state index in [9.17, 15) is 18.0 Å². The number of carbonyl (C=O) groups excluding carboxylic acids is 2. The molecule has 0 aliphatic heterocycles. The van der Waals surface area contributed by atoms with Gasteiger partial charge in [0.15, 0.2) is 0 Å². The van der Waals surface area contributed by atoms with Crippen LogP contribution in [0, 0.1) is 13.8 Å². The van der Waals surface area contributed by atoms with Crippen LogP contribution in [0.15, 0.2) is 72.8 Å². The van der Waals surface area contributed by atoms with Crippen molar-refractivity contribution in [3.05, 3.63) is 100 Å². The molecule has 0 aromatic heterocycles. The molecule has 0 aliphatic rings. The van der Waals surface area contributed by atoms with Crippen molar-refractivity contribution in [2.24, 2.45) is 0 Å². The average molecular weight is 570 g/mol. The smallest absolute Gasteiger partial charge is 0.244 e. The molecule has 0 heterocycles. The van der Waals surface area contributed by atoms with Gasteiger partial charge in [0, 0.05) is 24.0 Å². The van der Waals surface area contributed by atoms with E-state index < -0.39 is 28.5 Å². The zero-order valence-electron chi connectivity index (χ0n) is 23.0. The van der Waals surface area contributed by atoms with E-state index in [4.69, 9.17) is 11.6 Å². The third-order valence-corrected chi connectivity index (χ3v) is 7.65. The number of hydrogen-bond acceptors (Lipinski definition) is 4. The molecule has 0 radical (unpaired) electrons. The Morgan fingerprint density at radius 2 is 1.56 bits per heavy atom. The van der Waals surface area contributed by atoms with Crippen LogP contribution in [0.5, 0.6) is 0 Å². The second kappa shape index (κ2) is 13.1. The van der Waals surface area contributed by atoms with Crippen molar-refractivity contribution in [3.63, 3.8) is 0 Å². The fraction of sp³-hybridized carbons (Fsp3) is 0.333. The summed E-state index contributed by atoms with van der Waals surface area (Å²) in [7, 11) is -3.82. The van der Waals surface area contributed by atoms with Gasteiger partial charge in [-0.2, -0.15) is 0 Å². The average Bonchev–Trinajstić information content (AvgIpc) is 2.85. The zero-order chi connectivity index (χ0) is 28.7. The Bertz CT molecular complexity index is 1390. The molecule has 3 rings (SSSR count). The number of nitrogens with zero attached hydrogens (tertiary/aromatic N) is 2. The minimum Gasteiger partial charge on any atom is -0.352 e. The highest BCUT2D eigenvalue weighted by atomic mass is 35.5. The Kier molecular flexibility index (Phi) is 10.2. The number of aryl methyl sites for hydroxylation is 2. The quantitative estimate of drug-likeness (QED) is 0.356. The number of halogens is 1. The molecule has 2 amide bonds. The molecule has 0 fully saturated rings. The van der Waals surface area contributed by atoms with Crippen molar-refractivity contribution in [2.45, 2.75) is 52.7 Å². The first-order valence-electron chi connectivity index (χ1n) is 12.8. The summed E-state index contributed by atoms with van der Waals surface area (Å²) in [6.45, 7) is 7.09. The summed E-state index contributed by atoms with van der Waals surface area (Å²) in [6, 6.07) is 20.8. The van der Waals surface area contributed by atoms with E-state index in [2.05, 4.69) is 5.32 Å². The maximum absolute atomic E-state index is 14.1. The summed E-state index contributed by atoms with van der Waals surface area (Å²) in [4.78, 5) is 29.1. The van der Waals surface area contributed by atoms with Crippen LogP contribution in [-0.4, -0.2) is 50.0 Å². The van der Waals surface area contributed by atoms with Gasteiger partial charge in [-0.1, -0.05) is 71.8 Å². The Balaban J connectivity index is 2.07. The van der Waals surface area contributed by atoms with Crippen molar-refractivity contribution in [1.82, 2.24) is 10.2 Å². The lowest BCUT2D eigenvalue weighted by atomic mass is 10.0. The molecule has 0 bridgehead atoms. The number of sulfonamides is 1. The Labute approximate surface area is 236 Å². The van der Waals surface area contributed by atoms with Gasteiger partial charge in [0.25, 0.3) is 0 Å². The molecular formula is C30H36ClN3O4S. The first-order valence-corrected chi connectivity index (χ1v) is 15.0. The summed E-state index contributed by atoms with van der Waals surface area (Å²) in [6.07, 6.45) is 1.34.